The molecule has 110 valence electrons. The first-order valence-electron chi connectivity index (χ1n) is 6.25. The summed E-state index contributed by atoms with van der Waals surface area (Å²) in [4.78, 5) is 12.6. The van der Waals surface area contributed by atoms with Gasteiger partial charge in [0.1, 0.15) is 0 Å². The monoisotopic (exact) mass is 321 g/mol. The van der Waals surface area contributed by atoms with Crippen molar-refractivity contribution in [1.82, 2.24) is 4.72 Å². The molecule has 0 atom stereocenters. The van der Waals surface area contributed by atoms with Crippen molar-refractivity contribution in [3.8, 4) is 0 Å². The van der Waals surface area contributed by atoms with Gasteiger partial charge in [0.25, 0.3) is 15.3 Å². The summed E-state index contributed by atoms with van der Waals surface area (Å²) in [5.74, 6) is 0. The van der Waals surface area contributed by atoms with Crippen LogP contribution in [0.15, 0.2) is 58.3 Å². The number of thioether (sulfide) groups is 1. The zero-order valence-electron chi connectivity index (χ0n) is 11.7. The fraction of sp³-hybridized carbons (Fsp3) is 0.133. The van der Waals surface area contributed by atoms with Crippen LogP contribution in [0.5, 0.6) is 0 Å². The van der Waals surface area contributed by atoms with Crippen molar-refractivity contribution in [2.45, 2.75) is 23.6 Å². The van der Waals surface area contributed by atoms with Crippen molar-refractivity contribution in [3.63, 3.8) is 0 Å². The van der Waals surface area contributed by atoms with E-state index < -0.39 is 15.3 Å². The molecule has 0 aliphatic rings. The van der Waals surface area contributed by atoms with E-state index in [-0.39, 0.29) is 4.90 Å². The molecule has 0 aliphatic carbocycles. The maximum Gasteiger partial charge on any atom is 0.297 e. The topological polar surface area (TPSA) is 63.2 Å². The standard InChI is InChI=1S/C15H15NO3S2/c1-11-3-7-13(8-4-11)20-15(17)16-21(18,19)14-9-5-12(2)6-10-14/h3-10H,1-2H3,(H,16,17). The minimum atomic E-state index is -3.82. The summed E-state index contributed by atoms with van der Waals surface area (Å²) in [6.45, 7) is 3.80. The van der Waals surface area contributed by atoms with Gasteiger partial charge < -0.3 is 0 Å². The van der Waals surface area contributed by atoms with E-state index in [4.69, 9.17) is 0 Å². The van der Waals surface area contributed by atoms with Crippen LogP contribution in [-0.2, 0) is 10.0 Å². The van der Waals surface area contributed by atoms with Crippen LogP contribution >= 0.6 is 11.8 Å². The molecular weight excluding hydrogens is 306 g/mol. The lowest BCUT2D eigenvalue weighted by Gasteiger charge is -2.07. The van der Waals surface area contributed by atoms with Gasteiger partial charge in [-0.2, -0.15) is 0 Å². The van der Waals surface area contributed by atoms with Crippen LogP contribution in [0.4, 0.5) is 4.79 Å². The zero-order chi connectivity index (χ0) is 15.5. The van der Waals surface area contributed by atoms with Crippen LogP contribution in [0.3, 0.4) is 0 Å². The molecule has 1 amide bonds. The Morgan fingerprint density at radius 1 is 0.905 bits per heavy atom. The Morgan fingerprint density at radius 2 is 1.38 bits per heavy atom. The molecule has 0 saturated heterocycles. The molecule has 0 aromatic heterocycles. The lowest BCUT2D eigenvalue weighted by Crippen LogP contribution is -2.27. The maximum absolute atomic E-state index is 12.1. The lowest BCUT2D eigenvalue weighted by molar-refractivity contribution is 0.264. The van der Waals surface area contributed by atoms with E-state index in [1.807, 2.05) is 26.0 Å². The first kappa shape index (κ1) is 15.6. The molecule has 6 heteroatoms. The predicted molar refractivity (Wildman–Crippen MR) is 83.9 cm³/mol. The number of sulfonamides is 1. The smallest absolute Gasteiger partial charge is 0.260 e. The third-order valence-corrected chi connectivity index (χ3v) is 5.05. The second-order valence-corrected chi connectivity index (χ2v) is 7.35. The highest BCUT2D eigenvalue weighted by Gasteiger charge is 2.18. The molecule has 0 bridgehead atoms. The molecular formula is C15H15NO3S2. The van der Waals surface area contributed by atoms with Crippen molar-refractivity contribution in [3.05, 3.63) is 59.7 Å². The molecule has 0 aliphatic heterocycles. The average molecular weight is 321 g/mol. The van der Waals surface area contributed by atoms with Gasteiger partial charge in [-0.05, 0) is 49.9 Å². The second kappa shape index (κ2) is 6.32. The summed E-state index contributed by atoms with van der Waals surface area (Å²) >= 11 is 0.848. The quantitative estimate of drug-likeness (QED) is 0.879. The summed E-state index contributed by atoms with van der Waals surface area (Å²) in [7, 11) is -3.82. The number of hydrogen-bond acceptors (Lipinski definition) is 4. The third-order valence-electron chi connectivity index (χ3n) is 2.78. The van der Waals surface area contributed by atoms with Crippen molar-refractivity contribution in [1.29, 1.82) is 0 Å². The molecule has 2 rings (SSSR count). The Kier molecular flexibility index (Phi) is 4.69. The predicted octanol–water partition coefficient (Wildman–Crippen LogP) is 3.49. The highest BCUT2D eigenvalue weighted by atomic mass is 32.2. The number of hydrogen-bond donors (Lipinski definition) is 1. The van der Waals surface area contributed by atoms with Crippen molar-refractivity contribution >= 4 is 27.0 Å². The first-order chi connectivity index (χ1) is 9.87. The van der Waals surface area contributed by atoms with Crippen molar-refractivity contribution in [2.24, 2.45) is 0 Å². The fourth-order valence-corrected chi connectivity index (χ4v) is 3.43. The number of carbonyl (C=O) groups excluding carboxylic acids is 1. The fourth-order valence-electron chi connectivity index (χ4n) is 1.62. The normalized spacial score (nSPS) is 11.1. The molecule has 0 unspecified atom stereocenters. The van der Waals surface area contributed by atoms with Gasteiger partial charge in [-0.15, -0.1) is 0 Å². The van der Waals surface area contributed by atoms with E-state index in [9.17, 15) is 13.2 Å². The summed E-state index contributed by atoms with van der Waals surface area (Å²) in [6, 6.07) is 13.6. The van der Waals surface area contributed by atoms with Gasteiger partial charge in [0, 0.05) is 4.90 Å². The highest BCUT2D eigenvalue weighted by Crippen LogP contribution is 2.20. The van der Waals surface area contributed by atoms with Crippen LogP contribution in [0.1, 0.15) is 11.1 Å². The zero-order valence-corrected chi connectivity index (χ0v) is 13.3. The lowest BCUT2D eigenvalue weighted by atomic mass is 10.2. The van der Waals surface area contributed by atoms with Gasteiger partial charge in [-0.1, -0.05) is 35.4 Å². The van der Waals surface area contributed by atoms with E-state index in [2.05, 4.69) is 4.72 Å². The van der Waals surface area contributed by atoms with E-state index in [1.165, 1.54) is 12.1 Å². The summed E-state index contributed by atoms with van der Waals surface area (Å²) in [6.07, 6.45) is 0. The van der Waals surface area contributed by atoms with E-state index in [0.717, 1.165) is 22.9 Å². The Bertz CT molecular complexity index is 735. The number of rotatable bonds is 3. The minimum Gasteiger partial charge on any atom is -0.260 e. The molecule has 2 aromatic carbocycles. The number of carbonyl (C=O) groups is 1. The van der Waals surface area contributed by atoms with Gasteiger partial charge in [-0.25, -0.2) is 13.1 Å². The van der Waals surface area contributed by atoms with Gasteiger partial charge in [0.05, 0.1) is 4.90 Å². The summed E-state index contributed by atoms with van der Waals surface area (Å²) < 4.78 is 26.2. The average Bonchev–Trinajstić information content (AvgIpc) is 2.41. The largest absolute Gasteiger partial charge is 0.297 e. The molecule has 1 N–H and O–H groups in total. The molecule has 2 aromatic rings. The third kappa shape index (κ3) is 4.34. The van der Waals surface area contributed by atoms with E-state index in [0.29, 0.717) is 4.90 Å². The van der Waals surface area contributed by atoms with Crippen LogP contribution < -0.4 is 4.72 Å². The van der Waals surface area contributed by atoms with Gasteiger partial charge in [-0.3, -0.25) is 4.79 Å². The Balaban J connectivity index is 2.07. The minimum absolute atomic E-state index is 0.0750. The summed E-state index contributed by atoms with van der Waals surface area (Å²) in [5.41, 5.74) is 2.03. The maximum atomic E-state index is 12.1. The Labute approximate surface area is 128 Å². The van der Waals surface area contributed by atoms with Crippen LogP contribution in [0, 0.1) is 13.8 Å². The molecule has 0 fully saturated rings. The highest BCUT2D eigenvalue weighted by molar-refractivity contribution is 8.14. The molecule has 4 nitrogen and oxygen atoms in total. The Morgan fingerprint density at radius 3 is 1.90 bits per heavy atom. The van der Waals surface area contributed by atoms with E-state index >= 15 is 0 Å². The Hall–Kier alpha value is -1.79. The number of nitrogens with one attached hydrogen (secondary N) is 1. The molecule has 0 heterocycles. The van der Waals surface area contributed by atoms with Crippen molar-refractivity contribution < 1.29 is 13.2 Å². The van der Waals surface area contributed by atoms with E-state index in [1.54, 1.807) is 24.3 Å². The molecule has 0 saturated carbocycles. The molecule has 21 heavy (non-hydrogen) atoms. The molecule has 0 radical (unpaired) electrons. The summed E-state index contributed by atoms with van der Waals surface area (Å²) in [5, 5.41) is -0.626. The van der Waals surface area contributed by atoms with Crippen molar-refractivity contribution in [2.75, 3.05) is 0 Å². The van der Waals surface area contributed by atoms with Crippen LogP contribution in [0.2, 0.25) is 0 Å². The molecule has 0 spiro atoms. The second-order valence-electron chi connectivity index (χ2n) is 4.62. The van der Waals surface area contributed by atoms with Gasteiger partial charge in [0.2, 0.25) is 0 Å². The first-order valence-corrected chi connectivity index (χ1v) is 8.55. The van der Waals surface area contributed by atoms with Crippen LogP contribution in [-0.4, -0.2) is 13.7 Å². The van der Waals surface area contributed by atoms with Crippen LogP contribution in [0.25, 0.3) is 0 Å². The number of aryl methyl sites for hydroxylation is 2. The number of benzene rings is 2. The SMILES string of the molecule is Cc1ccc(SC(=O)NS(=O)(=O)c2ccc(C)cc2)cc1. The number of amides is 1. The van der Waals surface area contributed by atoms with Gasteiger partial charge in [0.15, 0.2) is 0 Å². The van der Waals surface area contributed by atoms with Gasteiger partial charge >= 0.3 is 0 Å².